The first-order valence-corrected chi connectivity index (χ1v) is 8.82. The van der Waals surface area contributed by atoms with Crippen molar-refractivity contribution < 1.29 is 14.4 Å². The standard InChI is InChI=1S/C19H27N3O3/c1-4-17-5-7-18(8-6-17)22(16(3)24)10-9-19(25)21-13-11-20(12-14-21)15(2)23/h5-8H,4,9-14H2,1-3H3. The quantitative estimate of drug-likeness (QED) is 0.816. The number of carbonyl (C=O) groups excluding carboxylic acids is 3. The van der Waals surface area contributed by atoms with Crippen LogP contribution < -0.4 is 4.90 Å². The number of rotatable bonds is 5. The molecule has 1 aliphatic heterocycles. The van der Waals surface area contributed by atoms with Crippen LogP contribution in [0.2, 0.25) is 0 Å². The van der Waals surface area contributed by atoms with Crippen LogP contribution in [-0.2, 0) is 20.8 Å². The fourth-order valence-corrected chi connectivity index (χ4v) is 3.02. The molecule has 0 bridgehead atoms. The Labute approximate surface area is 149 Å². The largest absolute Gasteiger partial charge is 0.339 e. The first-order valence-electron chi connectivity index (χ1n) is 8.82. The molecule has 0 aliphatic carbocycles. The summed E-state index contributed by atoms with van der Waals surface area (Å²) in [5.74, 6) is 0.00320. The van der Waals surface area contributed by atoms with Crippen LogP contribution >= 0.6 is 0 Å². The maximum Gasteiger partial charge on any atom is 0.224 e. The maximum atomic E-state index is 12.4. The van der Waals surface area contributed by atoms with E-state index >= 15 is 0 Å². The molecule has 1 fully saturated rings. The predicted octanol–water partition coefficient (Wildman–Crippen LogP) is 1.68. The second-order valence-electron chi connectivity index (χ2n) is 6.33. The summed E-state index contributed by atoms with van der Waals surface area (Å²) in [5, 5.41) is 0. The van der Waals surface area contributed by atoms with Crippen molar-refractivity contribution >= 4 is 23.4 Å². The van der Waals surface area contributed by atoms with Crippen molar-refractivity contribution in [2.24, 2.45) is 0 Å². The second-order valence-corrected chi connectivity index (χ2v) is 6.33. The van der Waals surface area contributed by atoms with Gasteiger partial charge in [0.25, 0.3) is 0 Å². The fraction of sp³-hybridized carbons (Fsp3) is 0.526. The highest BCUT2D eigenvalue weighted by molar-refractivity contribution is 5.92. The zero-order valence-corrected chi connectivity index (χ0v) is 15.3. The zero-order valence-electron chi connectivity index (χ0n) is 15.3. The van der Waals surface area contributed by atoms with E-state index in [0.29, 0.717) is 32.7 Å². The molecule has 0 N–H and O–H groups in total. The average molecular weight is 345 g/mol. The third-order valence-electron chi connectivity index (χ3n) is 4.66. The van der Waals surface area contributed by atoms with Crippen molar-refractivity contribution in [1.82, 2.24) is 9.80 Å². The van der Waals surface area contributed by atoms with Gasteiger partial charge in [0.2, 0.25) is 17.7 Å². The number of hydrogen-bond donors (Lipinski definition) is 0. The number of hydrogen-bond acceptors (Lipinski definition) is 3. The number of piperazine rings is 1. The van der Waals surface area contributed by atoms with E-state index in [1.54, 1.807) is 21.6 Å². The van der Waals surface area contributed by atoms with Crippen LogP contribution in [0.4, 0.5) is 5.69 Å². The molecule has 0 aromatic heterocycles. The Morgan fingerprint density at radius 3 is 2.00 bits per heavy atom. The van der Waals surface area contributed by atoms with Crippen molar-refractivity contribution in [3.63, 3.8) is 0 Å². The van der Waals surface area contributed by atoms with Gasteiger partial charge in [0.05, 0.1) is 0 Å². The van der Waals surface area contributed by atoms with E-state index in [0.717, 1.165) is 12.1 Å². The van der Waals surface area contributed by atoms with Crippen LogP contribution in [-0.4, -0.2) is 60.2 Å². The SMILES string of the molecule is CCc1ccc(N(CCC(=O)N2CCN(C(C)=O)CC2)C(C)=O)cc1. The number of nitrogens with zero attached hydrogens (tertiary/aromatic N) is 3. The summed E-state index contributed by atoms with van der Waals surface area (Å²) in [6.07, 6.45) is 1.24. The maximum absolute atomic E-state index is 12.4. The van der Waals surface area contributed by atoms with E-state index in [4.69, 9.17) is 0 Å². The summed E-state index contributed by atoms with van der Waals surface area (Å²) >= 11 is 0. The number of benzene rings is 1. The Balaban J connectivity index is 1.91. The number of aryl methyl sites for hydroxylation is 1. The second kappa shape index (κ2) is 8.65. The molecule has 0 saturated carbocycles. The van der Waals surface area contributed by atoms with Crippen LogP contribution in [0, 0.1) is 0 Å². The summed E-state index contributed by atoms with van der Waals surface area (Å²) in [5.41, 5.74) is 2.03. The van der Waals surface area contributed by atoms with Crippen molar-refractivity contribution in [2.45, 2.75) is 33.6 Å². The fourth-order valence-electron chi connectivity index (χ4n) is 3.02. The lowest BCUT2D eigenvalue weighted by atomic mass is 10.1. The molecule has 1 aromatic rings. The molecule has 1 aromatic carbocycles. The molecule has 0 atom stereocenters. The van der Waals surface area contributed by atoms with Crippen LogP contribution in [0.15, 0.2) is 24.3 Å². The summed E-state index contributed by atoms with van der Waals surface area (Å²) < 4.78 is 0. The van der Waals surface area contributed by atoms with Crippen LogP contribution in [0.5, 0.6) is 0 Å². The molecule has 1 saturated heterocycles. The Morgan fingerprint density at radius 1 is 0.960 bits per heavy atom. The van der Waals surface area contributed by atoms with E-state index < -0.39 is 0 Å². The minimum atomic E-state index is -0.0709. The molecule has 2 rings (SSSR count). The van der Waals surface area contributed by atoms with Gasteiger partial charge in [-0.3, -0.25) is 14.4 Å². The van der Waals surface area contributed by atoms with Crippen molar-refractivity contribution in [2.75, 3.05) is 37.6 Å². The van der Waals surface area contributed by atoms with Gasteiger partial charge in [0, 0.05) is 58.7 Å². The third-order valence-corrected chi connectivity index (χ3v) is 4.66. The van der Waals surface area contributed by atoms with Crippen molar-refractivity contribution in [1.29, 1.82) is 0 Å². The Bertz CT molecular complexity index is 619. The van der Waals surface area contributed by atoms with Crippen LogP contribution in [0.1, 0.15) is 32.8 Å². The zero-order chi connectivity index (χ0) is 18.4. The van der Waals surface area contributed by atoms with Gasteiger partial charge >= 0.3 is 0 Å². The highest BCUT2D eigenvalue weighted by Crippen LogP contribution is 2.17. The van der Waals surface area contributed by atoms with Gasteiger partial charge in [-0.05, 0) is 24.1 Å². The number of carbonyl (C=O) groups is 3. The first kappa shape index (κ1) is 19.0. The molecule has 136 valence electrons. The van der Waals surface area contributed by atoms with Crippen LogP contribution in [0.25, 0.3) is 0 Å². The number of anilines is 1. The third kappa shape index (κ3) is 5.05. The Kier molecular flexibility index (Phi) is 6.56. The van der Waals surface area contributed by atoms with Crippen molar-refractivity contribution in [3.05, 3.63) is 29.8 Å². The first-order chi connectivity index (χ1) is 11.9. The molecule has 3 amide bonds. The molecular weight excluding hydrogens is 318 g/mol. The minimum Gasteiger partial charge on any atom is -0.339 e. The van der Waals surface area contributed by atoms with Gasteiger partial charge in [-0.2, -0.15) is 0 Å². The topological polar surface area (TPSA) is 60.9 Å². The van der Waals surface area contributed by atoms with E-state index in [1.165, 1.54) is 12.5 Å². The van der Waals surface area contributed by atoms with Gasteiger partial charge in [0.15, 0.2) is 0 Å². The molecular formula is C19H27N3O3. The highest BCUT2D eigenvalue weighted by Gasteiger charge is 2.23. The van der Waals surface area contributed by atoms with E-state index in [1.807, 2.05) is 24.3 Å². The molecule has 0 unspecified atom stereocenters. The van der Waals surface area contributed by atoms with E-state index in [-0.39, 0.29) is 24.1 Å². The number of amides is 3. The Morgan fingerprint density at radius 2 is 1.52 bits per heavy atom. The van der Waals surface area contributed by atoms with Gasteiger partial charge in [-0.1, -0.05) is 19.1 Å². The lowest BCUT2D eigenvalue weighted by molar-refractivity contribution is -0.138. The van der Waals surface area contributed by atoms with Gasteiger partial charge in [-0.15, -0.1) is 0 Å². The smallest absolute Gasteiger partial charge is 0.224 e. The van der Waals surface area contributed by atoms with Gasteiger partial charge in [-0.25, -0.2) is 0 Å². The minimum absolute atomic E-state index is 0.0274. The molecule has 1 heterocycles. The summed E-state index contributed by atoms with van der Waals surface area (Å²) in [7, 11) is 0. The predicted molar refractivity (Wildman–Crippen MR) is 97.3 cm³/mol. The highest BCUT2D eigenvalue weighted by atomic mass is 16.2. The summed E-state index contributed by atoms with van der Waals surface area (Å²) in [6.45, 7) is 7.80. The van der Waals surface area contributed by atoms with Crippen LogP contribution in [0.3, 0.4) is 0 Å². The molecule has 0 radical (unpaired) electrons. The Hall–Kier alpha value is -2.37. The molecule has 6 nitrogen and oxygen atoms in total. The van der Waals surface area contributed by atoms with Gasteiger partial charge in [0.1, 0.15) is 0 Å². The molecule has 6 heteroatoms. The normalized spacial score (nSPS) is 14.4. The van der Waals surface area contributed by atoms with E-state index in [9.17, 15) is 14.4 Å². The summed E-state index contributed by atoms with van der Waals surface area (Å²) in [4.78, 5) is 40.9. The summed E-state index contributed by atoms with van der Waals surface area (Å²) in [6, 6.07) is 7.87. The average Bonchev–Trinajstić information content (AvgIpc) is 2.62. The van der Waals surface area contributed by atoms with Gasteiger partial charge < -0.3 is 14.7 Å². The monoisotopic (exact) mass is 345 g/mol. The lowest BCUT2D eigenvalue weighted by Crippen LogP contribution is -2.50. The molecule has 1 aliphatic rings. The lowest BCUT2D eigenvalue weighted by Gasteiger charge is -2.34. The molecule has 0 spiro atoms. The van der Waals surface area contributed by atoms with E-state index in [2.05, 4.69) is 6.92 Å². The van der Waals surface area contributed by atoms with Crippen molar-refractivity contribution in [3.8, 4) is 0 Å². The molecule has 25 heavy (non-hydrogen) atoms.